The van der Waals surface area contributed by atoms with Crippen LogP contribution in [0.3, 0.4) is 0 Å². The zero-order valence-corrected chi connectivity index (χ0v) is 10.4. The molecule has 0 bridgehead atoms. The lowest BCUT2D eigenvalue weighted by atomic mass is 9.83. The largest absolute Gasteiger partial charge is 0.479 e. The molecule has 0 aromatic carbocycles. The van der Waals surface area contributed by atoms with Crippen molar-refractivity contribution in [1.29, 1.82) is 0 Å². The Morgan fingerprint density at radius 3 is 2.56 bits per heavy atom. The number of nitrogens with zero attached hydrogens (tertiary/aromatic N) is 1. The summed E-state index contributed by atoms with van der Waals surface area (Å²) in [6.45, 7) is 4.72. The van der Waals surface area contributed by atoms with E-state index in [2.05, 4.69) is 6.58 Å². The number of piperidine rings is 1. The fraction of sp³-hybridized carbons (Fsp3) is 0.692. The standard InChI is InChI=1S/C13H19NO4/c1-2-11(15)14-8-6-13(7-9-14)5-3-4-10(18-13)12(16)17/h2,10H,1,3-9H2,(H,16,17). The van der Waals surface area contributed by atoms with Crippen molar-refractivity contribution >= 4 is 11.9 Å². The van der Waals surface area contributed by atoms with Gasteiger partial charge in [-0.3, -0.25) is 4.79 Å². The van der Waals surface area contributed by atoms with Gasteiger partial charge in [-0.2, -0.15) is 0 Å². The molecule has 2 heterocycles. The summed E-state index contributed by atoms with van der Waals surface area (Å²) in [7, 11) is 0. The number of carboxylic acids is 1. The van der Waals surface area contributed by atoms with Gasteiger partial charge in [-0.15, -0.1) is 0 Å². The lowest BCUT2D eigenvalue weighted by Crippen LogP contribution is -2.52. The maximum atomic E-state index is 11.5. The zero-order chi connectivity index (χ0) is 13.2. The molecule has 100 valence electrons. The van der Waals surface area contributed by atoms with Crippen LogP contribution in [0, 0.1) is 0 Å². The van der Waals surface area contributed by atoms with E-state index in [0.717, 1.165) is 25.7 Å². The Hall–Kier alpha value is -1.36. The molecule has 0 aliphatic carbocycles. The third-order valence-corrected chi connectivity index (χ3v) is 3.93. The number of rotatable bonds is 2. The topological polar surface area (TPSA) is 66.8 Å². The first-order valence-electron chi connectivity index (χ1n) is 6.38. The molecule has 5 nitrogen and oxygen atoms in total. The number of carbonyl (C=O) groups is 2. The molecule has 1 spiro atoms. The molecule has 0 radical (unpaired) electrons. The van der Waals surface area contributed by atoms with Crippen molar-refractivity contribution in [1.82, 2.24) is 4.90 Å². The van der Waals surface area contributed by atoms with Gasteiger partial charge in [0, 0.05) is 13.1 Å². The van der Waals surface area contributed by atoms with Gasteiger partial charge in [-0.05, 0) is 38.2 Å². The van der Waals surface area contributed by atoms with Crippen LogP contribution in [-0.2, 0) is 14.3 Å². The Kier molecular flexibility index (Phi) is 3.71. The van der Waals surface area contributed by atoms with Crippen molar-refractivity contribution in [3.05, 3.63) is 12.7 Å². The SMILES string of the molecule is C=CC(=O)N1CCC2(CCCC(C(=O)O)O2)CC1. The average Bonchev–Trinajstić information content (AvgIpc) is 2.39. The van der Waals surface area contributed by atoms with Crippen LogP contribution >= 0.6 is 0 Å². The fourth-order valence-corrected chi connectivity index (χ4v) is 2.83. The first-order chi connectivity index (χ1) is 8.56. The maximum Gasteiger partial charge on any atom is 0.332 e. The second kappa shape index (κ2) is 5.10. The summed E-state index contributed by atoms with van der Waals surface area (Å²) in [5.41, 5.74) is -0.334. The third kappa shape index (κ3) is 2.56. The number of ether oxygens (including phenoxy) is 1. The van der Waals surface area contributed by atoms with Crippen molar-refractivity contribution in [3.63, 3.8) is 0 Å². The molecule has 5 heteroatoms. The molecule has 0 aromatic rings. The predicted molar refractivity (Wildman–Crippen MR) is 65.1 cm³/mol. The number of hydrogen-bond acceptors (Lipinski definition) is 3. The van der Waals surface area contributed by atoms with E-state index >= 15 is 0 Å². The van der Waals surface area contributed by atoms with Crippen LogP contribution in [0.4, 0.5) is 0 Å². The molecule has 2 saturated heterocycles. The molecule has 1 unspecified atom stereocenters. The second-order valence-electron chi connectivity index (χ2n) is 5.05. The number of carboxylic acid groups (broad SMARTS) is 1. The predicted octanol–water partition coefficient (Wildman–Crippen LogP) is 1.19. The molecule has 0 saturated carbocycles. The molecular weight excluding hydrogens is 234 g/mol. The molecule has 18 heavy (non-hydrogen) atoms. The van der Waals surface area contributed by atoms with Crippen LogP contribution < -0.4 is 0 Å². The summed E-state index contributed by atoms with van der Waals surface area (Å²) in [4.78, 5) is 24.2. The Morgan fingerprint density at radius 2 is 2.00 bits per heavy atom. The van der Waals surface area contributed by atoms with Crippen LogP contribution in [0.25, 0.3) is 0 Å². The van der Waals surface area contributed by atoms with E-state index in [9.17, 15) is 9.59 Å². The maximum absolute atomic E-state index is 11.5. The first kappa shape index (κ1) is 13.1. The zero-order valence-electron chi connectivity index (χ0n) is 10.4. The lowest BCUT2D eigenvalue weighted by Gasteiger charge is -2.45. The van der Waals surface area contributed by atoms with Crippen LogP contribution in [0.15, 0.2) is 12.7 Å². The van der Waals surface area contributed by atoms with Crippen molar-refractivity contribution in [2.75, 3.05) is 13.1 Å². The van der Waals surface area contributed by atoms with Gasteiger partial charge in [0.25, 0.3) is 0 Å². The molecule has 2 rings (SSSR count). The first-order valence-corrected chi connectivity index (χ1v) is 6.38. The van der Waals surface area contributed by atoms with Gasteiger partial charge in [0.15, 0.2) is 6.10 Å². The average molecular weight is 253 g/mol. The molecule has 1 atom stereocenters. The lowest BCUT2D eigenvalue weighted by molar-refractivity contribution is -0.184. The summed E-state index contributed by atoms with van der Waals surface area (Å²) in [5.74, 6) is -0.936. The van der Waals surface area contributed by atoms with E-state index < -0.39 is 12.1 Å². The number of amides is 1. The van der Waals surface area contributed by atoms with Gasteiger partial charge in [0.05, 0.1) is 5.60 Å². The van der Waals surface area contributed by atoms with E-state index in [1.165, 1.54) is 6.08 Å². The van der Waals surface area contributed by atoms with E-state index in [4.69, 9.17) is 9.84 Å². The normalized spacial score (nSPS) is 26.9. The minimum absolute atomic E-state index is 0.0598. The van der Waals surface area contributed by atoms with Crippen molar-refractivity contribution in [2.24, 2.45) is 0 Å². The number of aliphatic carboxylic acids is 1. The Labute approximate surface area is 106 Å². The number of carbonyl (C=O) groups excluding carboxylic acids is 1. The summed E-state index contributed by atoms with van der Waals surface area (Å²) in [6.07, 6.45) is 4.44. The van der Waals surface area contributed by atoms with E-state index in [1.54, 1.807) is 4.90 Å². The van der Waals surface area contributed by atoms with Gasteiger partial charge < -0.3 is 14.7 Å². The van der Waals surface area contributed by atoms with Crippen molar-refractivity contribution in [2.45, 2.75) is 43.8 Å². The Bertz CT molecular complexity index is 358. The van der Waals surface area contributed by atoms with Gasteiger partial charge in [0.2, 0.25) is 5.91 Å². The molecule has 1 N–H and O–H groups in total. The summed E-state index contributed by atoms with van der Waals surface area (Å²) in [6, 6.07) is 0. The van der Waals surface area contributed by atoms with E-state index in [-0.39, 0.29) is 11.5 Å². The van der Waals surface area contributed by atoms with Crippen LogP contribution in [-0.4, -0.2) is 46.7 Å². The molecule has 2 aliphatic rings. The minimum Gasteiger partial charge on any atom is -0.479 e. The van der Waals surface area contributed by atoms with Crippen LogP contribution in [0.1, 0.15) is 32.1 Å². The fourth-order valence-electron chi connectivity index (χ4n) is 2.83. The van der Waals surface area contributed by atoms with Gasteiger partial charge in [-0.1, -0.05) is 6.58 Å². The van der Waals surface area contributed by atoms with Gasteiger partial charge in [0.1, 0.15) is 0 Å². The quantitative estimate of drug-likeness (QED) is 0.751. The summed E-state index contributed by atoms with van der Waals surface area (Å²) < 4.78 is 5.77. The smallest absolute Gasteiger partial charge is 0.332 e. The Balaban J connectivity index is 1.96. The third-order valence-electron chi connectivity index (χ3n) is 3.93. The summed E-state index contributed by atoms with van der Waals surface area (Å²) in [5, 5.41) is 9.03. The van der Waals surface area contributed by atoms with Crippen molar-refractivity contribution < 1.29 is 19.4 Å². The second-order valence-corrected chi connectivity index (χ2v) is 5.05. The van der Waals surface area contributed by atoms with E-state index in [0.29, 0.717) is 19.5 Å². The molecule has 0 aromatic heterocycles. The van der Waals surface area contributed by atoms with Gasteiger partial charge in [-0.25, -0.2) is 4.79 Å². The highest BCUT2D eigenvalue weighted by Crippen LogP contribution is 2.37. The van der Waals surface area contributed by atoms with Gasteiger partial charge >= 0.3 is 5.97 Å². The van der Waals surface area contributed by atoms with Crippen LogP contribution in [0.5, 0.6) is 0 Å². The molecule has 1 amide bonds. The monoisotopic (exact) mass is 253 g/mol. The molecular formula is C13H19NO4. The Morgan fingerprint density at radius 1 is 1.33 bits per heavy atom. The molecule has 2 fully saturated rings. The highest BCUT2D eigenvalue weighted by atomic mass is 16.5. The van der Waals surface area contributed by atoms with Crippen molar-refractivity contribution in [3.8, 4) is 0 Å². The number of likely N-dealkylation sites (tertiary alicyclic amines) is 1. The molecule has 2 aliphatic heterocycles. The van der Waals surface area contributed by atoms with E-state index in [1.807, 2.05) is 0 Å². The highest BCUT2D eigenvalue weighted by Gasteiger charge is 2.42. The van der Waals surface area contributed by atoms with Crippen LogP contribution in [0.2, 0.25) is 0 Å². The minimum atomic E-state index is -0.876. The summed E-state index contributed by atoms with van der Waals surface area (Å²) >= 11 is 0. The highest BCUT2D eigenvalue weighted by molar-refractivity contribution is 5.87. The number of hydrogen-bond donors (Lipinski definition) is 1.